The van der Waals surface area contributed by atoms with Crippen LogP contribution in [0.25, 0.3) is 11.2 Å². The Morgan fingerprint density at radius 1 is 1.19 bits per heavy atom. The van der Waals surface area contributed by atoms with Crippen LogP contribution in [0.4, 0.5) is 4.39 Å². The van der Waals surface area contributed by atoms with Crippen molar-refractivity contribution in [3.63, 3.8) is 0 Å². The topological polar surface area (TPSA) is 80.3 Å². The Labute approximate surface area is 192 Å². The first-order valence-electron chi connectivity index (χ1n) is 10.9. The van der Waals surface area contributed by atoms with Crippen molar-refractivity contribution in [2.75, 3.05) is 13.2 Å². The molecule has 1 atom stereocenters. The Kier molecular flexibility index (Phi) is 7.22. The minimum Gasteiger partial charge on any atom is -0.353 e. The average molecular weight is 509 g/mol. The fourth-order valence-corrected chi connectivity index (χ4v) is 4.41. The molecular formula is C22H26BrFN4O4. The van der Waals surface area contributed by atoms with Crippen LogP contribution in [-0.4, -0.2) is 38.2 Å². The van der Waals surface area contributed by atoms with E-state index in [2.05, 4.69) is 20.9 Å². The van der Waals surface area contributed by atoms with Gasteiger partial charge >= 0.3 is 5.69 Å². The second kappa shape index (κ2) is 10.1. The zero-order valence-corrected chi connectivity index (χ0v) is 19.5. The molecule has 1 aliphatic heterocycles. The summed E-state index contributed by atoms with van der Waals surface area (Å²) in [6.07, 6.45) is 3.30. The predicted octanol–water partition coefficient (Wildman–Crippen LogP) is 3.26. The molecule has 0 spiro atoms. The van der Waals surface area contributed by atoms with Crippen LogP contribution in [0.2, 0.25) is 0 Å². The normalized spacial score (nSPS) is 16.7. The van der Waals surface area contributed by atoms with Crippen LogP contribution in [0.3, 0.4) is 0 Å². The summed E-state index contributed by atoms with van der Waals surface area (Å²) in [6, 6.07) is 6.07. The molecule has 1 unspecified atom stereocenters. The van der Waals surface area contributed by atoms with E-state index in [0.717, 1.165) is 24.8 Å². The summed E-state index contributed by atoms with van der Waals surface area (Å²) in [5, 5.41) is 0. The van der Waals surface area contributed by atoms with Gasteiger partial charge in [0.1, 0.15) is 5.82 Å². The highest BCUT2D eigenvalue weighted by Gasteiger charge is 2.20. The Balaban J connectivity index is 1.63. The Morgan fingerprint density at radius 3 is 2.66 bits per heavy atom. The third-order valence-electron chi connectivity index (χ3n) is 5.61. The van der Waals surface area contributed by atoms with Gasteiger partial charge in [-0.25, -0.2) is 14.2 Å². The number of fused-ring (bicyclic) bond motifs is 1. The summed E-state index contributed by atoms with van der Waals surface area (Å²) in [6.45, 7) is 3.87. The van der Waals surface area contributed by atoms with Crippen LogP contribution in [0.1, 0.15) is 38.2 Å². The number of imidazole rings is 1. The zero-order valence-electron chi connectivity index (χ0n) is 17.9. The van der Waals surface area contributed by atoms with E-state index in [1.165, 1.54) is 21.3 Å². The van der Waals surface area contributed by atoms with Gasteiger partial charge in [-0.1, -0.05) is 12.1 Å². The molecule has 0 radical (unpaired) electrons. The van der Waals surface area contributed by atoms with Crippen molar-refractivity contribution in [1.29, 1.82) is 0 Å². The SMILES string of the molecule is CCn1c(=O)n(CCCOC2CCCCO2)c(=O)c2c1nc(Br)n2Cc1ccc(F)cc1. The zero-order chi connectivity index (χ0) is 22.7. The molecule has 1 saturated heterocycles. The van der Waals surface area contributed by atoms with Gasteiger partial charge in [-0.2, -0.15) is 0 Å². The number of ether oxygens (including phenoxy) is 2. The molecule has 0 aliphatic carbocycles. The fourth-order valence-electron chi connectivity index (χ4n) is 3.94. The summed E-state index contributed by atoms with van der Waals surface area (Å²) < 4.78 is 29.5. The van der Waals surface area contributed by atoms with Crippen LogP contribution >= 0.6 is 15.9 Å². The lowest BCUT2D eigenvalue weighted by molar-refractivity contribution is -0.163. The molecule has 3 aromatic rings. The van der Waals surface area contributed by atoms with Gasteiger partial charge in [0.2, 0.25) is 0 Å². The van der Waals surface area contributed by atoms with Crippen molar-refractivity contribution in [3.8, 4) is 0 Å². The maximum Gasteiger partial charge on any atom is 0.332 e. The van der Waals surface area contributed by atoms with E-state index in [0.29, 0.717) is 48.6 Å². The Morgan fingerprint density at radius 2 is 1.97 bits per heavy atom. The van der Waals surface area contributed by atoms with Gasteiger partial charge in [0.15, 0.2) is 22.2 Å². The van der Waals surface area contributed by atoms with Crippen LogP contribution in [0, 0.1) is 5.82 Å². The fraction of sp³-hybridized carbons (Fsp3) is 0.500. The molecule has 2 aromatic heterocycles. The van der Waals surface area contributed by atoms with Crippen molar-refractivity contribution in [3.05, 3.63) is 61.2 Å². The molecule has 1 fully saturated rings. The van der Waals surface area contributed by atoms with Gasteiger partial charge < -0.3 is 14.0 Å². The molecule has 1 aromatic carbocycles. The van der Waals surface area contributed by atoms with Gasteiger partial charge in [-0.05, 0) is 66.2 Å². The van der Waals surface area contributed by atoms with Gasteiger partial charge in [-0.15, -0.1) is 0 Å². The lowest BCUT2D eigenvalue weighted by Gasteiger charge is -2.22. The van der Waals surface area contributed by atoms with Crippen molar-refractivity contribution in [2.45, 2.75) is 58.5 Å². The van der Waals surface area contributed by atoms with Crippen LogP contribution in [0.5, 0.6) is 0 Å². The van der Waals surface area contributed by atoms with Gasteiger partial charge in [-0.3, -0.25) is 13.9 Å². The van der Waals surface area contributed by atoms with E-state index in [1.807, 2.05) is 6.92 Å². The number of nitrogens with zero attached hydrogens (tertiary/aromatic N) is 4. The number of hydrogen-bond acceptors (Lipinski definition) is 5. The van der Waals surface area contributed by atoms with Crippen molar-refractivity contribution in [1.82, 2.24) is 18.7 Å². The molecule has 4 rings (SSSR count). The van der Waals surface area contributed by atoms with Gasteiger partial charge in [0.25, 0.3) is 5.56 Å². The second-order valence-corrected chi connectivity index (χ2v) is 8.48. The number of rotatable bonds is 8. The minimum absolute atomic E-state index is 0.205. The van der Waals surface area contributed by atoms with Gasteiger partial charge in [0, 0.05) is 19.7 Å². The smallest absolute Gasteiger partial charge is 0.332 e. The minimum atomic E-state index is -0.399. The summed E-state index contributed by atoms with van der Waals surface area (Å²) in [5.74, 6) is -0.327. The maximum atomic E-state index is 13.3. The third kappa shape index (κ3) is 4.72. The van der Waals surface area contributed by atoms with E-state index in [4.69, 9.17) is 9.47 Å². The van der Waals surface area contributed by atoms with Crippen LogP contribution in [0.15, 0.2) is 38.6 Å². The Hall–Kier alpha value is -2.30. The summed E-state index contributed by atoms with van der Waals surface area (Å²) in [7, 11) is 0. The van der Waals surface area contributed by atoms with E-state index in [-0.39, 0.29) is 18.7 Å². The largest absolute Gasteiger partial charge is 0.353 e. The number of hydrogen-bond donors (Lipinski definition) is 0. The van der Waals surface area contributed by atoms with Gasteiger partial charge in [0.05, 0.1) is 13.2 Å². The summed E-state index contributed by atoms with van der Waals surface area (Å²) in [5.41, 5.74) is 0.688. The number of benzene rings is 1. The molecule has 32 heavy (non-hydrogen) atoms. The Bertz CT molecular complexity index is 1200. The van der Waals surface area contributed by atoms with Crippen molar-refractivity contribution in [2.24, 2.45) is 0 Å². The molecule has 10 heteroatoms. The van der Waals surface area contributed by atoms with Crippen molar-refractivity contribution >= 4 is 27.1 Å². The molecule has 1 aliphatic rings. The first kappa shape index (κ1) is 22.9. The molecule has 0 saturated carbocycles. The van der Waals surface area contributed by atoms with E-state index in [9.17, 15) is 14.0 Å². The molecule has 0 bridgehead atoms. The van der Waals surface area contributed by atoms with Crippen LogP contribution < -0.4 is 11.2 Å². The number of aromatic nitrogens is 4. The number of halogens is 2. The maximum absolute atomic E-state index is 13.3. The molecular weight excluding hydrogens is 483 g/mol. The summed E-state index contributed by atoms with van der Waals surface area (Å²) in [4.78, 5) is 30.8. The lowest BCUT2D eigenvalue weighted by atomic mass is 10.2. The van der Waals surface area contributed by atoms with E-state index >= 15 is 0 Å². The highest BCUT2D eigenvalue weighted by Crippen LogP contribution is 2.19. The highest BCUT2D eigenvalue weighted by atomic mass is 79.9. The molecule has 0 amide bonds. The van der Waals surface area contributed by atoms with Crippen molar-refractivity contribution < 1.29 is 13.9 Å². The first-order chi connectivity index (χ1) is 15.5. The molecule has 172 valence electrons. The quantitative estimate of drug-likeness (QED) is 0.344. The lowest BCUT2D eigenvalue weighted by Crippen LogP contribution is -2.40. The first-order valence-corrected chi connectivity index (χ1v) is 11.7. The predicted molar refractivity (Wildman–Crippen MR) is 121 cm³/mol. The number of aryl methyl sites for hydroxylation is 1. The van der Waals surface area contributed by atoms with E-state index in [1.54, 1.807) is 16.7 Å². The summed E-state index contributed by atoms with van der Waals surface area (Å²) >= 11 is 3.42. The molecule has 8 nitrogen and oxygen atoms in total. The highest BCUT2D eigenvalue weighted by molar-refractivity contribution is 9.10. The van der Waals surface area contributed by atoms with Crippen LogP contribution in [-0.2, 0) is 29.1 Å². The standard InChI is InChI=1S/C22H26BrFN4O4/c1-2-26-19-18(28(21(23)25-19)14-15-7-9-16(24)10-8-15)20(29)27(22(26)30)11-5-13-32-17-6-3-4-12-31-17/h7-10,17H,2-6,11-14H2,1H3. The average Bonchev–Trinajstić information content (AvgIpc) is 3.11. The third-order valence-corrected chi connectivity index (χ3v) is 6.21. The second-order valence-electron chi connectivity index (χ2n) is 7.77. The molecule has 0 N–H and O–H groups in total. The molecule has 3 heterocycles. The van der Waals surface area contributed by atoms with E-state index < -0.39 is 11.2 Å². The monoisotopic (exact) mass is 508 g/mol.